The summed E-state index contributed by atoms with van der Waals surface area (Å²) in [5.41, 5.74) is 6.73. The SMILES string of the molecule is CN1CCC(F)(Cc2cccc(CN)c2)CC1. The highest BCUT2D eigenvalue weighted by Gasteiger charge is 2.33. The van der Waals surface area contributed by atoms with E-state index in [1.54, 1.807) is 0 Å². The monoisotopic (exact) mass is 236 g/mol. The van der Waals surface area contributed by atoms with Crippen LogP contribution in [-0.4, -0.2) is 30.7 Å². The predicted octanol–water partition coefficient (Wildman–Crippen LogP) is 2.12. The molecule has 2 N–H and O–H groups in total. The summed E-state index contributed by atoms with van der Waals surface area (Å²) in [4.78, 5) is 2.19. The van der Waals surface area contributed by atoms with Crippen LogP contribution in [0.4, 0.5) is 4.39 Å². The quantitative estimate of drug-likeness (QED) is 0.871. The first-order chi connectivity index (χ1) is 8.11. The number of alkyl halides is 1. The molecular formula is C14H21FN2. The summed E-state index contributed by atoms with van der Waals surface area (Å²) >= 11 is 0. The van der Waals surface area contributed by atoms with Crippen molar-refractivity contribution in [3.8, 4) is 0 Å². The predicted molar refractivity (Wildman–Crippen MR) is 68.6 cm³/mol. The largest absolute Gasteiger partial charge is 0.326 e. The van der Waals surface area contributed by atoms with E-state index in [1.807, 2.05) is 24.3 Å². The van der Waals surface area contributed by atoms with Crippen molar-refractivity contribution in [2.45, 2.75) is 31.5 Å². The molecule has 3 heteroatoms. The van der Waals surface area contributed by atoms with E-state index >= 15 is 0 Å². The zero-order valence-electron chi connectivity index (χ0n) is 10.5. The van der Waals surface area contributed by atoms with E-state index in [0.717, 1.165) is 24.2 Å². The van der Waals surface area contributed by atoms with Gasteiger partial charge in [-0.05, 0) is 31.0 Å². The number of hydrogen-bond acceptors (Lipinski definition) is 2. The van der Waals surface area contributed by atoms with Gasteiger partial charge in [0.2, 0.25) is 0 Å². The summed E-state index contributed by atoms with van der Waals surface area (Å²) in [5.74, 6) is 0. The molecule has 94 valence electrons. The van der Waals surface area contributed by atoms with Crippen LogP contribution < -0.4 is 5.73 Å². The molecule has 0 unspecified atom stereocenters. The molecule has 0 bridgehead atoms. The minimum absolute atomic E-state index is 0.523. The Bertz CT molecular complexity index is 370. The fourth-order valence-electron chi connectivity index (χ4n) is 2.43. The van der Waals surface area contributed by atoms with Gasteiger partial charge >= 0.3 is 0 Å². The van der Waals surface area contributed by atoms with Crippen molar-refractivity contribution in [1.82, 2.24) is 4.90 Å². The molecule has 0 saturated carbocycles. The number of halogens is 1. The molecular weight excluding hydrogens is 215 g/mol. The normalized spacial score (nSPS) is 20.4. The van der Waals surface area contributed by atoms with Gasteiger partial charge < -0.3 is 10.6 Å². The number of nitrogens with two attached hydrogens (primary N) is 1. The number of likely N-dealkylation sites (tertiary alicyclic amines) is 1. The Morgan fingerprint density at radius 1 is 1.29 bits per heavy atom. The van der Waals surface area contributed by atoms with Crippen LogP contribution in [0.5, 0.6) is 0 Å². The lowest BCUT2D eigenvalue weighted by molar-refractivity contribution is 0.0697. The van der Waals surface area contributed by atoms with Gasteiger partial charge in [-0.2, -0.15) is 0 Å². The molecule has 0 amide bonds. The van der Waals surface area contributed by atoms with Crippen molar-refractivity contribution in [2.75, 3.05) is 20.1 Å². The van der Waals surface area contributed by atoms with Crippen LogP contribution in [-0.2, 0) is 13.0 Å². The Hall–Kier alpha value is -0.930. The minimum Gasteiger partial charge on any atom is -0.326 e. The molecule has 0 aromatic heterocycles. The molecule has 2 nitrogen and oxygen atoms in total. The lowest BCUT2D eigenvalue weighted by Gasteiger charge is -2.34. The summed E-state index contributed by atoms with van der Waals surface area (Å²) in [6.45, 7) is 2.23. The van der Waals surface area contributed by atoms with Crippen LogP contribution in [0, 0.1) is 0 Å². The van der Waals surface area contributed by atoms with Gasteiger partial charge in [-0.1, -0.05) is 24.3 Å². The summed E-state index contributed by atoms with van der Waals surface area (Å²) in [6.07, 6.45) is 1.79. The third kappa shape index (κ3) is 3.27. The first kappa shape index (κ1) is 12.5. The number of rotatable bonds is 3. The molecule has 1 aromatic rings. The molecule has 1 heterocycles. The molecule has 1 aromatic carbocycles. The molecule has 2 rings (SSSR count). The van der Waals surface area contributed by atoms with Gasteiger partial charge in [0.25, 0.3) is 0 Å². The Labute approximate surface area is 103 Å². The average Bonchev–Trinajstić information content (AvgIpc) is 2.33. The van der Waals surface area contributed by atoms with E-state index in [0.29, 0.717) is 25.8 Å². The first-order valence-corrected chi connectivity index (χ1v) is 6.27. The standard InChI is InChI=1S/C14H21FN2/c1-17-7-5-14(15,6-8-17)10-12-3-2-4-13(9-12)11-16/h2-4,9H,5-8,10-11,16H2,1H3. The maximum absolute atomic E-state index is 14.6. The van der Waals surface area contributed by atoms with E-state index in [1.165, 1.54) is 0 Å². The van der Waals surface area contributed by atoms with Crippen molar-refractivity contribution in [1.29, 1.82) is 0 Å². The highest BCUT2D eigenvalue weighted by atomic mass is 19.1. The number of piperidine rings is 1. The van der Waals surface area contributed by atoms with Crippen LogP contribution in [0.25, 0.3) is 0 Å². The van der Waals surface area contributed by atoms with E-state index in [4.69, 9.17) is 5.73 Å². The van der Waals surface area contributed by atoms with Crippen LogP contribution in [0.1, 0.15) is 24.0 Å². The van der Waals surface area contributed by atoms with Crippen molar-refractivity contribution in [2.24, 2.45) is 5.73 Å². The van der Waals surface area contributed by atoms with Crippen LogP contribution in [0.3, 0.4) is 0 Å². The lowest BCUT2D eigenvalue weighted by atomic mass is 9.87. The van der Waals surface area contributed by atoms with Gasteiger partial charge in [0.15, 0.2) is 0 Å². The fraction of sp³-hybridized carbons (Fsp3) is 0.571. The van der Waals surface area contributed by atoms with Crippen molar-refractivity contribution in [3.63, 3.8) is 0 Å². The van der Waals surface area contributed by atoms with Gasteiger partial charge in [-0.25, -0.2) is 4.39 Å². The molecule has 17 heavy (non-hydrogen) atoms. The Kier molecular flexibility index (Phi) is 3.79. The van der Waals surface area contributed by atoms with Crippen molar-refractivity contribution in [3.05, 3.63) is 35.4 Å². The fourth-order valence-corrected chi connectivity index (χ4v) is 2.43. The van der Waals surface area contributed by atoms with Gasteiger partial charge in [-0.15, -0.1) is 0 Å². The smallest absolute Gasteiger partial charge is 0.117 e. The summed E-state index contributed by atoms with van der Waals surface area (Å²) in [5, 5.41) is 0. The maximum Gasteiger partial charge on any atom is 0.117 e. The topological polar surface area (TPSA) is 29.3 Å². The van der Waals surface area contributed by atoms with E-state index in [9.17, 15) is 4.39 Å². The molecule has 0 atom stereocenters. The Morgan fingerprint density at radius 2 is 1.94 bits per heavy atom. The van der Waals surface area contributed by atoms with Gasteiger partial charge in [0, 0.05) is 26.1 Å². The zero-order chi connectivity index (χ0) is 12.3. The van der Waals surface area contributed by atoms with E-state index < -0.39 is 5.67 Å². The zero-order valence-corrected chi connectivity index (χ0v) is 10.5. The molecule has 0 aliphatic carbocycles. The number of benzene rings is 1. The van der Waals surface area contributed by atoms with Crippen LogP contribution >= 0.6 is 0 Å². The van der Waals surface area contributed by atoms with Gasteiger partial charge in [-0.3, -0.25) is 0 Å². The van der Waals surface area contributed by atoms with E-state index in [-0.39, 0.29) is 0 Å². The number of hydrogen-bond donors (Lipinski definition) is 1. The maximum atomic E-state index is 14.6. The second-order valence-electron chi connectivity index (χ2n) is 5.16. The van der Waals surface area contributed by atoms with Crippen LogP contribution in [0.2, 0.25) is 0 Å². The molecule has 1 aliphatic heterocycles. The molecule has 1 saturated heterocycles. The van der Waals surface area contributed by atoms with Crippen molar-refractivity contribution >= 4 is 0 Å². The second kappa shape index (κ2) is 5.15. The van der Waals surface area contributed by atoms with Crippen LogP contribution in [0.15, 0.2) is 24.3 Å². The average molecular weight is 236 g/mol. The lowest BCUT2D eigenvalue weighted by Crippen LogP contribution is -2.41. The Balaban J connectivity index is 2.04. The summed E-state index contributed by atoms with van der Waals surface area (Å²) in [7, 11) is 2.05. The van der Waals surface area contributed by atoms with Gasteiger partial charge in [0.1, 0.15) is 5.67 Å². The Morgan fingerprint density at radius 3 is 2.59 bits per heavy atom. The third-order valence-electron chi connectivity index (χ3n) is 3.63. The first-order valence-electron chi connectivity index (χ1n) is 6.27. The summed E-state index contributed by atoms with van der Waals surface area (Å²) in [6, 6.07) is 7.98. The highest BCUT2D eigenvalue weighted by molar-refractivity contribution is 5.24. The third-order valence-corrected chi connectivity index (χ3v) is 3.63. The molecule has 1 aliphatic rings. The number of nitrogens with zero attached hydrogens (tertiary/aromatic N) is 1. The van der Waals surface area contributed by atoms with E-state index in [2.05, 4.69) is 11.9 Å². The van der Waals surface area contributed by atoms with Gasteiger partial charge in [0.05, 0.1) is 0 Å². The molecule has 0 spiro atoms. The highest BCUT2D eigenvalue weighted by Crippen LogP contribution is 2.30. The molecule has 1 fully saturated rings. The minimum atomic E-state index is -1.03. The molecule has 0 radical (unpaired) electrons. The van der Waals surface area contributed by atoms with Crippen molar-refractivity contribution < 1.29 is 4.39 Å². The summed E-state index contributed by atoms with van der Waals surface area (Å²) < 4.78 is 14.6. The second-order valence-corrected chi connectivity index (χ2v) is 5.16.